The number of hydrogen-bond acceptors (Lipinski definition) is 0. The molecule has 1 aliphatic rings. The Hall–Kier alpha value is -4.68. The van der Waals surface area contributed by atoms with E-state index < -0.39 is 0 Å². The first-order chi connectivity index (χ1) is 19.5. The van der Waals surface area contributed by atoms with Crippen LogP contribution in [0.3, 0.4) is 0 Å². The van der Waals surface area contributed by atoms with Crippen LogP contribution in [-0.2, 0) is 5.41 Å². The lowest BCUT2D eigenvalue weighted by Crippen LogP contribution is -2.15. The Labute approximate surface area is 237 Å². The Balaban J connectivity index is 1.36. The molecular formula is C40H32. The fourth-order valence-electron chi connectivity index (χ4n) is 6.59. The predicted octanol–water partition coefficient (Wildman–Crippen LogP) is 11.0. The van der Waals surface area contributed by atoms with E-state index in [0.717, 1.165) is 0 Å². The van der Waals surface area contributed by atoms with Gasteiger partial charge in [-0.1, -0.05) is 141 Å². The third-order valence-electron chi connectivity index (χ3n) is 8.62. The van der Waals surface area contributed by atoms with Gasteiger partial charge in [0.1, 0.15) is 0 Å². The second kappa shape index (κ2) is 9.50. The molecule has 6 aromatic rings. The average molecular weight is 513 g/mol. The first-order valence-electron chi connectivity index (χ1n) is 14.1. The van der Waals surface area contributed by atoms with Crippen LogP contribution < -0.4 is 0 Å². The van der Waals surface area contributed by atoms with Gasteiger partial charge in [-0.25, -0.2) is 0 Å². The maximum atomic E-state index is 2.45. The summed E-state index contributed by atoms with van der Waals surface area (Å²) in [6, 6.07) is 50.9. The summed E-state index contributed by atoms with van der Waals surface area (Å²) in [4.78, 5) is 0. The van der Waals surface area contributed by atoms with E-state index in [4.69, 9.17) is 0 Å². The molecule has 0 heterocycles. The smallest absolute Gasteiger partial charge is 0.0159 e. The standard InChI is InChI=1S/C40H32/c1-27-24-31(35-21-13-11-19-33(35)29-16-8-5-9-17-29)26-38-39(27)36-23-22-30(25-37(36)40(38,2)3)34-20-12-10-18-32(34)28-14-6-4-7-15-28/h4-26H,1-3H3. The van der Waals surface area contributed by atoms with Crippen molar-refractivity contribution in [2.75, 3.05) is 0 Å². The Morgan fingerprint density at radius 1 is 0.375 bits per heavy atom. The zero-order valence-electron chi connectivity index (χ0n) is 23.3. The summed E-state index contributed by atoms with van der Waals surface area (Å²) in [5, 5.41) is 0. The van der Waals surface area contributed by atoms with Crippen LogP contribution >= 0.6 is 0 Å². The summed E-state index contributed by atoms with van der Waals surface area (Å²) in [6.45, 7) is 7.05. The molecule has 0 unspecified atom stereocenters. The third-order valence-corrected chi connectivity index (χ3v) is 8.62. The quantitative estimate of drug-likeness (QED) is 0.220. The van der Waals surface area contributed by atoms with Gasteiger partial charge in [-0.2, -0.15) is 0 Å². The van der Waals surface area contributed by atoms with Gasteiger partial charge in [0.15, 0.2) is 0 Å². The summed E-state index contributed by atoms with van der Waals surface area (Å²) in [7, 11) is 0. The maximum absolute atomic E-state index is 2.45. The zero-order chi connectivity index (χ0) is 27.3. The largest absolute Gasteiger partial charge is 0.0622 e. The van der Waals surface area contributed by atoms with E-state index in [-0.39, 0.29) is 5.41 Å². The monoisotopic (exact) mass is 512 g/mol. The van der Waals surface area contributed by atoms with Crippen molar-refractivity contribution in [3.63, 3.8) is 0 Å². The van der Waals surface area contributed by atoms with Crippen molar-refractivity contribution < 1.29 is 0 Å². The molecule has 40 heavy (non-hydrogen) atoms. The van der Waals surface area contributed by atoms with E-state index in [9.17, 15) is 0 Å². The first-order valence-corrected chi connectivity index (χ1v) is 14.1. The van der Waals surface area contributed by atoms with Crippen LogP contribution in [0.1, 0.15) is 30.5 Å². The molecule has 0 aliphatic heterocycles. The number of fused-ring (bicyclic) bond motifs is 3. The highest BCUT2D eigenvalue weighted by Gasteiger charge is 2.37. The molecule has 0 spiro atoms. The normalized spacial score (nSPS) is 13.1. The van der Waals surface area contributed by atoms with Crippen LogP contribution in [-0.4, -0.2) is 0 Å². The Morgan fingerprint density at radius 3 is 1.38 bits per heavy atom. The van der Waals surface area contributed by atoms with Gasteiger partial charge in [0.05, 0.1) is 0 Å². The van der Waals surface area contributed by atoms with Crippen molar-refractivity contribution in [1.82, 2.24) is 0 Å². The van der Waals surface area contributed by atoms with Crippen molar-refractivity contribution in [2.45, 2.75) is 26.2 Å². The minimum atomic E-state index is -0.106. The summed E-state index contributed by atoms with van der Waals surface area (Å²) < 4.78 is 0. The SMILES string of the molecule is Cc1cc(-c2ccccc2-c2ccccc2)cc2c1-c1ccc(-c3ccccc3-c3ccccc3)cc1C2(C)C. The summed E-state index contributed by atoms with van der Waals surface area (Å²) >= 11 is 0. The zero-order valence-corrected chi connectivity index (χ0v) is 23.3. The molecule has 0 nitrogen and oxygen atoms in total. The molecule has 1 aliphatic carbocycles. The fraction of sp³-hybridized carbons (Fsp3) is 0.100. The lowest BCUT2D eigenvalue weighted by Gasteiger charge is -2.23. The van der Waals surface area contributed by atoms with E-state index in [0.29, 0.717) is 0 Å². The highest BCUT2D eigenvalue weighted by molar-refractivity contribution is 5.92. The number of hydrogen-bond donors (Lipinski definition) is 0. The molecule has 0 heteroatoms. The van der Waals surface area contributed by atoms with Crippen LogP contribution in [0.4, 0.5) is 0 Å². The molecule has 0 saturated carbocycles. The van der Waals surface area contributed by atoms with Crippen LogP contribution in [0.2, 0.25) is 0 Å². The van der Waals surface area contributed by atoms with Crippen LogP contribution in [0.25, 0.3) is 55.6 Å². The Kier molecular flexibility index (Phi) is 5.79. The minimum absolute atomic E-state index is 0.106. The molecule has 192 valence electrons. The Bertz CT molecular complexity index is 1860. The number of aryl methyl sites for hydroxylation is 1. The molecule has 0 N–H and O–H groups in total. The van der Waals surface area contributed by atoms with Crippen molar-refractivity contribution in [3.8, 4) is 55.6 Å². The topological polar surface area (TPSA) is 0 Å². The Morgan fingerprint density at radius 2 is 0.825 bits per heavy atom. The van der Waals surface area contributed by atoms with E-state index in [2.05, 4.69) is 160 Å². The second-order valence-corrected chi connectivity index (χ2v) is 11.4. The fourth-order valence-corrected chi connectivity index (χ4v) is 6.59. The van der Waals surface area contributed by atoms with E-state index in [1.54, 1.807) is 0 Å². The van der Waals surface area contributed by atoms with Crippen molar-refractivity contribution in [1.29, 1.82) is 0 Å². The molecule has 0 amide bonds. The van der Waals surface area contributed by atoms with Gasteiger partial charge in [0.2, 0.25) is 0 Å². The number of benzene rings is 6. The molecule has 6 aromatic carbocycles. The molecule has 0 bridgehead atoms. The van der Waals surface area contributed by atoms with E-state index in [1.807, 2.05) is 0 Å². The third kappa shape index (κ3) is 3.91. The molecule has 0 aromatic heterocycles. The lowest BCUT2D eigenvalue weighted by atomic mass is 9.80. The van der Waals surface area contributed by atoms with Crippen molar-refractivity contribution in [3.05, 3.63) is 156 Å². The van der Waals surface area contributed by atoms with Crippen molar-refractivity contribution >= 4 is 0 Å². The highest BCUT2D eigenvalue weighted by atomic mass is 14.4. The van der Waals surface area contributed by atoms with Gasteiger partial charge >= 0.3 is 0 Å². The predicted molar refractivity (Wildman–Crippen MR) is 170 cm³/mol. The molecule has 0 atom stereocenters. The van der Waals surface area contributed by atoms with Crippen LogP contribution in [0, 0.1) is 6.92 Å². The molecule has 0 radical (unpaired) electrons. The van der Waals surface area contributed by atoms with Crippen LogP contribution in [0.5, 0.6) is 0 Å². The van der Waals surface area contributed by atoms with Crippen molar-refractivity contribution in [2.24, 2.45) is 0 Å². The first kappa shape index (κ1) is 24.4. The molecule has 0 fully saturated rings. The summed E-state index contributed by atoms with van der Waals surface area (Å²) in [5.74, 6) is 0. The summed E-state index contributed by atoms with van der Waals surface area (Å²) in [6.07, 6.45) is 0. The number of rotatable bonds is 4. The molecular weight excluding hydrogens is 480 g/mol. The average Bonchev–Trinajstić information content (AvgIpc) is 3.24. The lowest BCUT2D eigenvalue weighted by molar-refractivity contribution is 0.660. The van der Waals surface area contributed by atoms with E-state index in [1.165, 1.54) is 72.3 Å². The van der Waals surface area contributed by atoms with Gasteiger partial charge in [-0.15, -0.1) is 0 Å². The summed E-state index contributed by atoms with van der Waals surface area (Å²) in [5.41, 5.74) is 16.9. The van der Waals surface area contributed by atoms with Gasteiger partial charge < -0.3 is 0 Å². The van der Waals surface area contributed by atoms with Gasteiger partial charge in [-0.3, -0.25) is 0 Å². The van der Waals surface area contributed by atoms with Gasteiger partial charge in [-0.05, 0) is 91.4 Å². The highest BCUT2D eigenvalue weighted by Crippen LogP contribution is 2.52. The van der Waals surface area contributed by atoms with Gasteiger partial charge in [0.25, 0.3) is 0 Å². The van der Waals surface area contributed by atoms with Crippen LogP contribution in [0.15, 0.2) is 140 Å². The molecule has 7 rings (SSSR count). The second-order valence-electron chi connectivity index (χ2n) is 11.4. The molecule has 0 saturated heterocycles. The maximum Gasteiger partial charge on any atom is 0.0159 e. The van der Waals surface area contributed by atoms with Gasteiger partial charge in [0, 0.05) is 5.41 Å². The van der Waals surface area contributed by atoms with E-state index >= 15 is 0 Å². The minimum Gasteiger partial charge on any atom is -0.0622 e.